The first-order valence-corrected chi connectivity index (χ1v) is 7.26. The van der Waals surface area contributed by atoms with Crippen LogP contribution in [0.5, 0.6) is 0 Å². The van der Waals surface area contributed by atoms with E-state index in [1.54, 1.807) is 13.8 Å². The lowest BCUT2D eigenvalue weighted by Gasteiger charge is -2.19. The maximum Gasteiger partial charge on any atom is 0.231 e. The van der Waals surface area contributed by atoms with Crippen molar-refractivity contribution in [3.63, 3.8) is 0 Å². The molecule has 0 aliphatic heterocycles. The number of alkyl halides is 1. The van der Waals surface area contributed by atoms with Crippen molar-refractivity contribution in [2.45, 2.75) is 33.1 Å². The Morgan fingerprint density at radius 3 is 2.89 bits per heavy atom. The van der Waals surface area contributed by atoms with Crippen LogP contribution in [0.15, 0.2) is 0 Å². The van der Waals surface area contributed by atoms with Gasteiger partial charge in [-0.1, -0.05) is 0 Å². The van der Waals surface area contributed by atoms with Gasteiger partial charge in [-0.2, -0.15) is 5.26 Å². The van der Waals surface area contributed by atoms with Gasteiger partial charge in [0.1, 0.15) is 11.1 Å². The van der Waals surface area contributed by atoms with E-state index in [1.807, 2.05) is 0 Å². The average molecular weight is 283 g/mol. The fraction of sp³-hybridized carbons (Fsp3) is 0.538. The van der Waals surface area contributed by atoms with Crippen molar-refractivity contribution in [1.29, 1.82) is 5.26 Å². The smallest absolute Gasteiger partial charge is 0.231 e. The van der Waals surface area contributed by atoms with Crippen LogP contribution in [0.3, 0.4) is 0 Å². The molecule has 0 bridgehead atoms. The fourth-order valence-corrected chi connectivity index (χ4v) is 3.30. The first-order valence-electron chi connectivity index (χ1n) is 5.91. The van der Waals surface area contributed by atoms with Crippen molar-refractivity contribution in [2.24, 2.45) is 5.41 Å². The Kier molecular flexibility index (Phi) is 3.65. The van der Waals surface area contributed by atoms with Crippen molar-refractivity contribution in [2.75, 3.05) is 11.2 Å². The Labute approximate surface area is 116 Å². The summed E-state index contributed by atoms with van der Waals surface area (Å²) in [4.78, 5) is 13.3. The number of thiophene rings is 1. The number of halogens is 1. The molecule has 0 saturated carbocycles. The lowest BCUT2D eigenvalue weighted by molar-refractivity contribution is -0.122. The minimum Gasteiger partial charge on any atom is -0.316 e. The van der Waals surface area contributed by atoms with Gasteiger partial charge in [-0.25, -0.2) is 0 Å². The second kappa shape index (κ2) is 4.91. The molecule has 1 aromatic rings. The largest absolute Gasteiger partial charge is 0.316 e. The minimum atomic E-state index is -0.622. The molecule has 1 N–H and O–H groups in total. The van der Waals surface area contributed by atoms with Gasteiger partial charge in [0.05, 0.1) is 11.0 Å². The molecule has 0 atom stereocenters. The number of amides is 1. The van der Waals surface area contributed by atoms with Crippen LogP contribution in [0.25, 0.3) is 0 Å². The molecule has 1 heterocycles. The summed E-state index contributed by atoms with van der Waals surface area (Å²) >= 11 is 7.31. The maximum atomic E-state index is 12.1. The maximum absolute atomic E-state index is 12.1. The van der Waals surface area contributed by atoms with E-state index < -0.39 is 5.41 Å². The standard InChI is InChI=1S/C13H15ClN2OS/c1-13(2,7-14)12(17)16-11-9(6-15)8-4-3-5-10(8)18-11/h3-5,7H2,1-2H3,(H,16,17). The number of nitriles is 1. The Morgan fingerprint density at radius 1 is 1.56 bits per heavy atom. The third kappa shape index (κ3) is 2.25. The highest BCUT2D eigenvalue weighted by molar-refractivity contribution is 7.16. The lowest BCUT2D eigenvalue weighted by atomic mass is 9.95. The summed E-state index contributed by atoms with van der Waals surface area (Å²) in [6.07, 6.45) is 3.07. The normalized spacial score (nSPS) is 14.1. The van der Waals surface area contributed by atoms with E-state index in [1.165, 1.54) is 16.2 Å². The summed E-state index contributed by atoms with van der Waals surface area (Å²) in [7, 11) is 0. The number of aryl methyl sites for hydroxylation is 1. The third-order valence-corrected chi connectivity index (χ3v) is 5.08. The second-order valence-electron chi connectivity index (χ2n) is 5.14. The zero-order valence-electron chi connectivity index (χ0n) is 10.5. The number of carbonyl (C=O) groups excluding carboxylic acids is 1. The van der Waals surface area contributed by atoms with Gasteiger partial charge in [0.25, 0.3) is 0 Å². The molecule has 18 heavy (non-hydrogen) atoms. The topological polar surface area (TPSA) is 52.9 Å². The number of hydrogen-bond acceptors (Lipinski definition) is 3. The number of anilines is 1. The fourth-order valence-electron chi connectivity index (χ4n) is 1.94. The van der Waals surface area contributed by atoms with Crippen molar-refractivity contribution < 1.29 is 4.79 Å². The SMILES string of the molecule is CC(C)(CCl)C(=O)Nc1sc2c(c1C#N)CCC2. The molecule has 1 amide bonds. The highest BCUT2D eigenvalue weighted by Gasteiger charge is 2.29. The molecule has 1 aliphatic rings. The Bertz CT molecular complexity index is 528. The second-order valence-corrected chi connectivity index (χ2v) is 6.52. The number of nitrogens with one attached hydrogen (secondary N) is 1. The third-order valence-electron chi connectivity index (χ3n) is 3.21. The molecule has 0 fully saturated rings. The first-order chi connectivity index (χ1) is 8.49. The number of fused-ring (bicyclic) bond motifs is 1. The van der Waals surface area contributed by atoms with Crippen LogP contribution in [-0.2, 0) is 17.6 Å². The molecule has 0 spiro atoms. The van der Waals surface area contributed by atoms with Crippen LogP contribution in [0, 0.1) is 16.7 Å². The van der Waals surface area contributed by atoms with Crippen LogP contribution in [0.2, 0.25) is 0 Å². The van der Waals surface area contributed by atoms with E-state index >= 15 is 0 Å². The van der Waals surface area contributed by atoms with Crippen molar-refractivity contribution in [3.8, 4) is 6.07 Å². The van der Waals surface area contributed by atoms with E-state index in [-0.39, 0.29) is 11.8 Å². The highest BCUT2D eigenvalue weighted by atomic mass is 35.5. The summed E-state index contributed by atoms with van der Waals surface area (Å²) in [6, 6.07) is 2.21. The van der Waals surface area contributed by atoms with Gasteiger partial charge in [0, 0.05) is 10.8 Å². The summed E-state index contributed by atoms with van der Waals surface area (Å²) in [6.45, 7) is 3.59. The van der Waals surface area contributed by atoms with Crippen molar-refractivity contribution in [3.05, 3.63) is 16.0 Å². The summed E-state index contributed by atoms with van der Waals surface area (Å²) < 4.78 is 0. The predicted octanol–water partition coefficient (Wildman–Crippen LogP) is 3.31. The average Bonchev–Trinajstić information content (AvgIpc) is 2.88. The van der Waals surface area contributed by atoms with Gasteiger partial charge in [0.15, 0.2) is 0 Å². The van der Waals surface area contributed by atoms with Crippen LogP contribution >= 0.6 is 22.9 Å². The molecular formula is C13H15ClN2OS. The van der Waals surface area contributed by atoms with Crippen LogP contribution < -0.4 is 5.32 Å². The van der Waals surface area contributed by atoms with Gasteiger partial charge < -0.3 is 5.32 Å². The van der Waals surface area contributed by atoms with Crippen molar-refractivity contribution >= 4 is 33.8 Å². The number of hydrogen-bond donors (Lipinski definition) is 1. The van der Waals surface area contributed by atoms with Crippen LogP contribution in [-0.4, -0.2) is 11.8 Å². The van der Waals surface area contributed by atoms with Crippen LogP contribution in [0.4, 0.5) is 5.00 Å². The Hall–Kier alpha value is -1.05. The molecule has 1 aromatic heterocycles. The summed E-state index contributed by atoms with van der Waals surface area (Å²) in [5, 5.41) is 12.8. The summed E-state index contributed by atoms with van der Waals surface area (Å²) in [5.41, 5.74) is 1.15. The van der Waals surface area contributed by atoms with Gasteiger partial charge in [0.2, 0.25) is 5.91 Å². The van der Waals surface area contributed by atoms with E-state index in [2.05, 4.69) is 11.4 Å². The predicted molar refractivity (Wildman–Crippen MR) is 74.2 cm³/mol. The van der Waals surface area contributed by atoms with E-state index in [9.17, 15) is 10.1 Å². The van der Waals surface area contributed by atoms with Crippen LogP contribution in [0.1, 0.15) is 36.3 Å². The number of rotatable bonds is 3. The molecule has 0 saturated heterocycles. The van der Waals surface area contributed by atoms with Gasteiger partial charge in [-0.05, 0) is 38.7 Å². The molecular weight excluding hydrogens is 268 g/mol. The first kappa shape index (κ1) is 13.4. The molecule has 5 heteroatoms. The molecule has 96 valence electrons. The van der Waals surface area contributed by atoms with Gasteiger partial charge in [-0.3, -0.25) is 4.79 Å². The molecule has 0 aromatic carbocycles. The number of carbonyl (C=O) groups is 1. The molecule has 0 unspecified atom stereocenters. The van der Waals surface area contributed by atoms with E-state index in [0.29, 0.717) is 10.6 Å². The van der Waals surface area contributed by atoms with Crippen molar-refractivity contribution in [1.82, 2.24) is 0 Å². The minimum absolute atomic E-state index is 0.131. The zero-order valence-corrected chi connectivity index (χ0v) is 12.0. The molecule has 0 radical (unpaired) electrons. The quantitative estimate of drug-likeness (QED) is 0.865. The Balaban J connectivity index is 2.26. The zero-order chi connectivity index (χ0) is 13.3. The van der Waals surface area contributed by atoms with E-state index in [0.717, 1.165) is 24.8 Å². The molecule has 3 nitrogen and oxygen atoms in total. The molecule has 2 rings (SSSR count). The van der Waals surface area contributed by atoms with Gasteiger partial charge >= 0.3 is 0 Å². The highest BCUT2D eigenvalue weighted by Crippen LogP contribution is 2.39. The lowest BCUT2D eigenvalue weighted by Crippen LogP contribution is -2.32. The van der Waals surface area contributed by atoms with E-state index in [4.69, 9.17) is 11.6 Å². The molecule has 1 aliphatic carbocycles. The number of nitrogens with zero attached hydrogens (tertiary/aromatic N) is 1. The summed E-state index contributed by atoms with van der Waals surface area (Å²) in [5.74, 6) is 0.125. The Morgan fingerprint density at radius 2 is 2.28 bits per heavy atom. The van der Waals surface area contributed by atoms with Gasteiger partial charge in [-0.15, -0.1) is 22.9 Å². The monoisotopic (exact) mass is 282 g/mol.